The molecule has 3 aromatic rings. The molecule has 4 rings (SSSR count). The second kappa shape index (κ2) is 17.4. The highest BCUT2D eigenvalue weighted by Crippen LogP contribution is 2.33. The van der Waals surface area contributed by atoms with Gasteiger partial charge in [0.25, 0.3) is 15.7 Å². The summed E-state index contributed by atoms with van der Waals surface area (Å²) in [6.07, 6.45) is 1.01. The smallest absolute Gasteiger partial charge is 0.305 e. The number of aromatic amines is 1. The van der Waals surface area contributed by atoms with E-state index in [-0.39, 0.29) is 49.3 Å². The van der Waals surface area contributed by atoms with Gasteiger partial charge in [-0.05, 0) is 51.4 Å². The van der Waals surface area contributed by atoms with E-state index >= 15 is 0 Å². The summed E-state index contributed by atoms with van der Waals surface area (Å²) in [5.41, 5.74) is 1.37. The summed E-state index contributed by atoms with van der Waals surface area (Å²) in [4.78, 5) is 64.0. The molecule has 1 fully saturated rings. The van der Waals surface area contributed by atoms with Gasteiger partial charge < -0.3 is 24.1 Å². The number of nitrogens with zero attached hydrogens (tertiary/aromatic N) is 7. The molecule has 0 aliphatic carbocycles. The number of likely N-dealkylation sites (N-methyl/N-ethyl adjacent to an activating group) is 1. The molecule has 0 radical (unpaired) electrons. The summed E-state index contributed by atoms with van der Waals surface area (Å²) < 4.78 is 41.2. The van der Waals surface area contributed by atoms with E-state index in [1.165, 1.54) is 21.1 Å². The number of carbonyl (C=O) groups is 1. The summed E-state index contributed by atoms with van der Waals surface area (Å²) in [6.45, 7) is 4.33. The summed E-state index contributed by atoms with van der Waals surface area (Å²) in [5.74, 6) is 0.0522. The fraction of sp³-hybridized carbons (Fsp3) is 0.600. The third kappa shape index (κ3) is 9.88. The number of benzene rings is 1. The van der Waals surface area contributed by atoms with Crippen LogP contribution < -0.4 is 10.3 Å². The molecule has 0 spiro atoms. The number of nitrogens with one attached hydrogen (secondary N) is 1. The van der Waals surface area contributed by atoms with E-state index in [2.05, 4.69) is 19.8 Å². The molecule has 1 N–H and O–H groups in total. The second-order valence-corrected chi connectivity index (χ2v) is 13.9. The SMILES string of the molecule is CCCc1nn(C)c2c(=O)[nH]c(-c3cc(S(=O)(=O)N4CC(N(C)CCOC(=O)CCCCC(CO[N+](=O)[O-])O[N+](=O)[O-])C4)ccc3OCC)nc12. The van der Waals surface area contributed by atoms with Crippen LogP contribution in [0.4, 0.5) is 0 Å². The van der Waals surface area contributed by atoms with Crippen LogP contribution in [0.5, 0.6) is 5.75 Å². The number of fused-ring (bicyclic) bond motifs is 1. The van der Waals surface area contributed by atoms with Crippen LogP contribution in [0.25, 0.3) is 22.4 Å². The fourth-order valence-electron chi connectivity index (χ4n) is 5.59. The highest BCUT2D eigenvalue weighted by atomic mass is 32.2. The van der Waals surface area contributed by atoms with E-state index in [9.17, 15) is 38.2 Å². The van der Waals surface area contributed by atoms with Gasteiger partial charge in [0.2, 0.25) is 10.0 Å². The molecule has 21 heteroatoms. The van der Waals surface area contributed by atoms with Crippen molar-refractivity contribution in [2.75, 3.05) is 46.5 Å². The second-order valence-electron chi connectivity index (χ2n) is 11.9. The van der Waals surface area contributed by atoms with Crippen molar-refractivity contribution >= 4 is 27.0 Å². The van der Waals surface area contributed by atoms with Crippen LogP contribution in [0.2, 0.25) is 0 Å². The van der Waals surface area contributed by atoms with Crippen molar-refractivity contribution in [1.29, 1.82) is 0 Å². The number of rotatable bonds is 21. The van der Waals surface area contributed by atoms with Crippen molar-refractivity contribution in [1.82, 2.24) is 29.0 Å². The Kier molecular flexibility index (Phi) is 13.2. The molecule has 2 aromatic heterocycles. The Hall–Kier alpha value is -4.89. The van der Waals surface area contributed by atoms with Crippen LogP contribution in [-0.2, 0) is 42.7 Å². The first kappa shape index (κ1) is 38.9. The van der Waals surface area contributed by atoms with E-state index < -0.39 is 44.4 Å². The maximum absolute atomic E-state index is 13.7. The average Bonchev–Trinajstić information content (AvgIpc) is 3.36. The van der Waals surface area contributed by atoms with Crippen molar-refractivity contribution in [3.63, 3.8) is 0 Å². The zero-order valence-corrected chi connectivity index (χ0v) is 29.6. The van der Waals surface area contributed by atoms with Gasteiger partial charge in [-0.1, -0.05) is 19.8 Å². The van der Waals surface area contributed by atoms with Crippen LogP contribution in [0.1, 0.15) is 51.6 Å². The summed E-state index contributed by atoms with van der Waals surface area (Å²) >= 11 is 0. The molecular weight excluding hydrogens is 696 g/mol. The van der Waals surface area contributed by atoms with E-state index in [0.29, 0.717) is 60.5 Å². The van der Waals surface area contributed by atoms with Gasteiger partial charge in [0.1, 0.15) is 36.4 Å². The fourth-order valence-corrected chi connectivity index (χ4v) is 7.13. The minimum Gasteiger partial charge on any atom is -0.493 e. The van der Waals surface area contributed by atoms with Crippen molar-refractivity contribution in [3.05, 3.63) is 54.5 Å². The van der Waals surface area contributed by atoms with Crippen LogP contribution in [0, 0.1) is 20.2 Å². The maximum Gasteiger partial charge on any atom is 0.305 e. The van der Waals surface area contributed by atoms with Crippen LogP contribution in [0.3, 0.4) is 0 Å². The highest BCUT2D eigenvalue weighted by molar-refractivity contribution is 7.89. The van der Waals surface area contributed by atoms with E-state index in [0.717, 1.165) is 6.42 Å². The lowest BCUT2D eigenvalue weighted by atomic mass is 10.1. The number of aromatic nitrogens is 4. The van der Waals surface area contributed by atoms with Crippen LogP contribution in [-0.4, -0.2) is 112 Å². The minimum absolute atomic E-state index is 0.0141. The first-order valence-corrected chi connectivity index (χ1v) is 17.9. The standard InChI is InChI=1S/C30H42N8O12S/c1-5-9-24-27-28(35(4)33-24)30(40)32-29(31-27)23-16-22(12-13-25(23)47-6-2)51(45,46)36-17-20(18-36)34(3)14-15-48-26(39)11-8-7-10-21(50-38(43)44)19-49-37(41)42/h12-13,16,20-21H,5-11,14-15,17-19H2,1-4H3,(H,31,32,40). The largest absolute Gasteiger partial charge is 0.493 e. The number of esters is 1. The van der Waals surface area contributed by atoms with Crippen molar-refractivity contribution in [3.8, 4) is 17.1 Å². The van der Waals surface area contributed by atoms with Gasteiger partial charge in [0.15, 0.2) is 5.52 Å². The third-order valence-electron chi connectivity index (χ3n) is 8.31. The molecular formula is C30H42N8O12S. The summed E-state index contributed by atoms with van der Waals surface area (Å²) in [5, 5.41) is 23.2. The lowest BCUT2D eigenvalue weighted by Gasteiger charge is -2.42. The molecule has 1 aliphatic rings. The normalized spacial score (nSPS) is 14.3. The lowest BCUT2D eigenvalue weighted by molar-refractivity contribution is -0.790. The summed E-state index contributed by atoms with van der Waals surface area (Å²) in [6, 6.07) is 4.34. The Morgan fingerprint density at radius 3 is 2.59 bits per heavy atom. The summed E-state index contributed by atoms with van der Waals surface area (Å²) in [7, 11) is -0.454. The number of sulfonamides is 1. The predicted molar refractivity (Wildman–Crippen MR) is 179 cm³/mol. The van der Waals surface area contributed by atoms with Crippen LogP contribution >= 0.6 is 0 Å². The Morgan fingerprint density at radius 2 is 1.92 bits per heavy atom. The molecule has 1 aromatic carbocycles. The van der Waals surface area contributed by atoms with Gasteiger partial charge in [-0.25, -0.2) is 13.4 Å². The number of aryl methyl sites for hydroxylation is 2. The average molecular weight is 739 g/mol. The number of unbranched alkanes of at least 4 members (excludes halogenated alkanes) is 1. The van der Waals surface area contributed by atoms with Gasteiger partial charge in [-0.2, -0.15) is 9.40 Å². The molecule has 1 saturated heterocycles. The molecule has 0 bridgehead atoms. The lowest BCUT2D eigenvalue weighted by Crippen LogP contribution is -2.60. The monoisotopic (exact) mass is 738 g/mol. The molecule has 0 amide bonds. The number of hydrogen-bond donors (Lipinski definition) is 1. The molecule has 51 heavy (non-hydrogen) atoms. The van der Waals surface area contributed by atoms with Crippen molar-refractivity contribution < 1.29 is 42.5 Å². The van der Waals surface area contributed by atoms with E-state index in [4.69, 9.17) is 14.5 Å². The molecule has 280 valence electrons. The molecule has 1 atom stereocenters. The van der Waals surface area contributed by atoms with E-state index in [1.807, 2.05) is 11.8 Å². The Bertz CT molecular complexity index is 1880. The number of carbonyl (C=O) groups excluding carboxylic acids is 1. The molecule has 20 nitrogen and oxygen atoms in total. The number of ether oxygens (including phenoxy) is 2. The highest BCUT2D eigenvalue weighted by Gasteiger charge is 2.39. The quantitative estimate of drug-likeness (QED) is 0.0709. The molecule has 1 aliphatic heterocycles. The first-order chi connectivity index (χ1) is 24.2. The Labute approximate surface area is 292 Å². The van der Waals surface area contributed by atoms with Gasteiger partial charge in [-0.15, -0.1) is 20.2 Å². The minimum atomic E-state index is -3.92. The topological polar surface area (TPSA) is 244 Å². The van der Waals surface area contributed by atoms with Crippen LogP contribution in [0.15, 0.2) is 27.9 Å². The predicted octanol–water partition coefficient (Wildman–Crippen LogP) is 1.87. The van der Waals surface area contributed by atoms with Crippen molar-refractivity contribution in [2.45, 2.75) is 69.4 Å². The van der Waals surface area contributed by atoms with E-state index in [1.54, 1.807) is 27.1 Å². The van der Waals surface area contributed by atoms with Gasteiger partial charge in [0.05, 0.1) is 22.8 Å². The molecule has 1 unspecified atom stereocenters. The van der Waals surface area contributed by atoms with Gasteiger partial charge >= 0.3 is 5.97 Å². The van der Waals surface area contributed by atoms with Crippen molar-refractivity contribution in [2.24, 2.45) is 7.05 Å². The Balaban J connectivity index is 1.31. The number of H-pyrrole nitrogens is 1. The molecule has 3 heterocycles. The Morgan fingerprint density at radius 1 is 1.18 bits per heavy atom. The first-order valence-electron chi connectivity index (χ1n) is 16.4. The third-order valence-corrected chi connectivity index (χ3v) is 10.1. The van der Waals surface area contributed by atoms with Gasteiger partial charge in [-0.3, -0.25) is 19.2 Å². The number of hydrogen-bond acceptors (Lipinski definition) is 15. The zero-order chi connectivity index (χ0) is 37.3. The maximum atomic E-state index is 13.7. The van der Waals surface area contributed by atoms with Gasteiger partial charge in [0, 0.05) is 39.1 Å². The molecule has 0 saturated carbocycles. The zero-order valence-electron chi connectivity index (χ0n) is 28.8.